The summed E-state index contributed by atoms with van der Waals surface area (Å²) >= 11 is 0. The lowest BCUT2D eigenvalue weighted by Gasteiger charge is -2.25. The van der Waals surface area contributed by atoms with Gasteiger partial charge < -0.3 is 23.8 Å². The number of aromatic nitrogens is 2. The Morgan fingerprint density at radius 1 is 1.31 bits per heavy atom. The fraction of sp³-hybridized carbons (Fsp3) is 0.381. The fourth-order valence-corrected chi connectivity index (χ4v) is 4.21. The second kappa shape index (κ2) is 7.04. The molecule has 3 aromatic heterocycles. The first kappa shape index (κ1) is 17.9. The molecular weight excluding hydrogens is 372 g/mol. The van der Waals surface area contributed by atoms with E-state index in [9.17, 15) is 9.59 Å². The number of hydrogen-bond donors (Lipinski definition) is 1. The number of amides is 2. The van der Waals surface area contributed by atoms with Crippen LogP contribution in [0.15, 0.2) is 41.5 Å². The molecule has 1 fully saturated rings. The topological polar surface area (TPSA) is 89.1 Å². The van der Waals surface area contributed by atoms with Crippen LogP contribution in [0.25, 0.3) is 5.52 Å². The zero-order chi connectivity index (χ0) is 20.0. The molecule has 29 heavy (non-hydrogen) atoms. The van der Waals surface area contributed by atoms with E-state index < -0.39 is 0 Å². The number of likely N-dealkylation sites (tertiary alicyclic amines) is 1. The molecule has 5 heterocycles. The number of fused-ring (bicyclic) bond motifs is 2. The van der Waals surface area contributed by atoms with Gasteiger partial charge >= 0.3 is 0 Å². The summed E-state index contributed by atoms with van der Waals surface area (Å²) in [6, 6.07) is 3.41. The van der Waals surface area contributed by atoms with E-state index in [1.807, 2.05) is 17.4 Å². The molecule has 0 radical (unpaired) electrons. The summed E-state index contributed by atoms with van der Waals surface area (Å²) in [4.78, 5) is 31.7. The van der Waals surface area contributed by atoms with Gasteiger partial charge in [-0.25, -0.2) is 4.98 Å². The summed E-state index contributed by atoms with van der Waals surface area (Å²) < 4.78 is 12.8. The molecule has 2 unspecified atom stereocenters. The van der Waals surface area contributed by atoms with Gasteiger partial charge in [0.05, 0.1) is 49.1 Å². The lowest BCUT2D eigenvalue weighted by Crippen LogP contribution is -2.45. The second-order valence-corrected chi connectivity index (χ2v) is 7.62. The fourth-order valence-electron chi connectivity index (χ4n) is 4.21. The second-order valence-electron chi connectivity index (χ2n) is 7.62. The van der Waals surface area contributed by atoms with Crippen LogP contribution in [0.2, 0.25) is 0 Å². The standard InChI is InChI=1S/C21H22N4O4/c1-13-18(23-20(26)14-2-3-16-8-22-12-24(16)9-14)4-6-25(13)21(27)19-17-5-7-28-10-15(17)11-29-19/h2-3,8-9,11-13,18H,4-7,10H2,1H3,(H,23,26). The third-order valence-corrected chi connectivity index (χ3v) is 5.93. The SMILES string of the molecule is CC1C(NC(=O)c2ccc3cncn3c2)CCN1C(=O)c1occ2c1CCOC2. The van der Waals surface area contributed by atoms with E-state index in [0.717, 1.165) is 16.6 Å². The van der Waals surface area contributed by atoms with E-state index in [0.29, 0.717) is 43.9 Å². The average Bonchev–Trinajstić information content (AvgIpc) is 3.46. The molecule has 2 amide bonds. The van der Waals surface area contributed by atoms with Gasteiger partial charge in [0.25, 0.3) is 11.8 Å². The number of pyridine rings is 1. The lowest BCUT2D eigenvalue weighted by atomic mass is 10.1. The van der Waals surface area contributed by atoms with Crippen molar-refractivity contribution in [3.8, 4) is 0 Å². The first-order valence-electron chi connectivity index (χ1n) is 9.82. The van der Waals surface area contributed by atoms with E-state index in [-0.39, 0.29) is 23.9 Å². The van der Waals surface area contributed by atoms with Crippen molar-refractivity contribution in [1.29, 1.82) is 0 Å². The summed E-state index contributed by atoms with van der Waals surface area (Å²) in [5, 5.41) is 3.08. The molecule has 2 atom stereocenters. The number of nitrogens with zero attached hydrogens (tertiary/aromatic N) is 3. The molecule has 2 aliphatic rings. The Morgan fingerprint density at radius 2 is 2.21 bits per heavy atom. The molecule has 0 bridgehead atoms. The minimum Gasteiger partial charge on any atom is -0.458 e. The molecule has 1 saturated heterocycles. The summed E-state index contributed by atoms with van der Waals surface area (Å²) in [5.41, 5.74) is 3.40. The summed E-state index contributed by atoms with van der Waals surface area (Å²) in [6.07, 6.45) is 8.18. The van der Waals surface area contributed by atoms with Gasteiger partial charge in [-0.05, 0) is 25.5 Å². The Kier molecular flexibility index (Phi) is 4.35. The predicted octanol–water partition coefficient (Wildman–Crippen LogP) is 2.03. The Bertz CT molecular complexity index is 1090. The third kappa shape index (κ3) is 3.09. The van der Waals surface area contributed by atoms with Crippen molar-refractivity contribution < 1.29 is 18.7 Å². The molecule has 150 valence electrons. The molecular formula is C21H22N4O4. The lowest BCUT2D eigenvalue weighted by molar-refractivity contribution is 0.0694. The maximum Gasteiger partial charge on any atom is 0.290 e. The highest BCUT2D eigenvalue weighted by Gasteiger charge is 2.37. The highest BCUT2D eigenvalue weighted by atomic mass is 16.5. The minimum absolute atomic E-state index is 0.112. The van der Waals surface area contributed by atoms with Crippen LogP contribution in [0.3, 0.4) is 0 Å². The van der Waals surface area contributed by atoms with Gasteiger partial charge in [-0.15, -0.1) is 0 Å². The molecule has 0 saturated carbocycles. The summed E-state index contributed by atoms with van der Waals surface area (Å²) in [6.45, 7) is 3.63. The van der Waals surface area contributed by atoms with Crippen LogP contribution in [0, 0.1) is 0 Å². The number of carbonyl (C=O) groups excluding carboxylic acids is 2. The normalized spacial score (nSPS) is 21.3. The van der Waals surface area contributed by atoms with Crippen molar-refractivity contribution in [2.24, 2.45) is 0 Å². The van der Waals surface area contributed by atoms with E-state index >= 15 is 0 Å². The Hall–Kier alpha value is -3.13. The highest BCUT2D eigenvalue weighted by molar-refractivity contribution is 5.95. The van der Waals surface area contributed by atoms with Crippen LogP contribution in [0.1, 0.15) is 45.4 Å². The van der Waals surface area contributed by atoms with Gasteiger partial charge in [-0.3, -0.25) is 9.59 Å². The van der Waals surface area contributed by atoms with Crippen LogP contribution in [-0.4, -0.2) is 51.3 Å². The number of imidazole rings is 1. The van der Waals surface area contributed by atoms with Crippen LogP contribution < -0.4 is 5.32 Å². The van der Waals surface area contributed by atoms with Crippen molar-refractivity contribution in [3.05, 3.63) is 59.6 Å². The largest absolute Gasteiger partial charge is 0.458 e. The minimum atomic E-state index is -0.153. The number of hydrogen-bond acceptors (Lipinski definition) is 5. The van der Waals surface area contributed by atoms with E-state index in [1.165, 1.54) is 0 Å². The number of carbonyl (C=O) groups is 2. The van der Waals surface area contributed by atoms with Crippen molar-refractivity contribution in [2.45, 2.75) is 38.5 Å². The molecule has 3 aromatic rings. The first-order valence-corrected chi connectivity index (χ1v) is 9.82. The van der Waals surface area contributed by atoms with Crippen molar-refractivity contribution >= 4 is 17.3 Å². The molecule has 8 heteroatoms. The van der Waals surface area contributed by atoms with Crippen molar-refractivity contribution in [3.63, 3.8) is 0 Å². The van der Waals surface area contributed by atoms with Gasteiger partial charge in [0, 0.05) is 36.3 Å². The van der Waals surface area contributed by atoms with Crippen LogP contribution in [0.5, 0.6) is 0 Å². The smallest absolute Gasteiger partial charge is 0.290 e. The molecule has 5 rings (SSSR count). The van der Waals surface area contributed by atoms with Crippen LogP contribution >= 0.6 is 0 Å². The first-order chi connectivity index (χ1) is 14.1. The number of nitrogens with one attached hydrogen (secondary N) is 1. The van der Waals surface area contributed by atoms with E-state index in [4.69, 9.17) is 9.15 Å². The monoisotopic (exact) mass is 394 g/mol. The zero-order valence-electron chi connectivity index (χ0n) is 16.1. The maximum atomic E-state index is 13.1. The molecule has 8 nitrogen and oxygen atoms in total. The zero-order valence-corrected chi connectivity index (χ0v) is 16.1. The van der Waals surface area contributed by atoms with Crippen molar-refractivity contribution in [1.82, 2.24) is 19.6 Å². The summed E-state index contributed by atoms with van der Waals surface area (Å²) in [7, 11) is 0. The maximum absolute atomic E-state index is 13.1. The molecule has 0 spiro atoms. The Balaban J connectivity index is 1.29. The molecule has 1 N–H and O–H groups in total. The number of ether oxygens (including phenoxy) is 1. The van der Waals surface area contributed by atoms with E-state index in [2.05, 4.69) is 10.3 Å². The van der Waals surface area contributed by atoms with Gasteiger partial charge in [0.15, 0.2) is 5.76 Å². The van der Waals surface area contributed by atoms with Gasteiger partial charge in [0.1, 0.15) is 0 Å². The molecule has 0 aliphatic carbocycles. The molecule has 0 aromatic carbocycles. The third-order valence-electron chi connectivity index (χ3n) is 5.93. The quantitative estimate of drug-likeness (QED) is 0.734. The van der Waals surface area contributed by atoms with Crippen LogP contribution in [-0.2, 0) is 17.8 Å². The number of furan rings is 1. The van der Waals surface area contributed by atoms with Gasteiger partial charge in [0.2, 0.25) is 0 Å². The predicted molar refractivity (Wildman–Crippen MR) is 104 cm³/mol. The highest BCUT2D eigenvalue weighted by Crippen LogP contribution is 2.27. The van der Waals surface area contributed by atoms with Crippen LogP contribution in [0.4, 0.5) is 0 Å². The van der Waals surface area contributed by atoms with Crippen molar-refractivity contribution in [2.75, 3.05) is 13.2 Å². The molecule has 2 aliphatic heterocycles. The summed E-state index contributed by atoms with van der Waals surface area (Å²) in [5.74, 6) is 0.143. The average molecular weight is 394 g/mol. The van der Waals surface area contributed by atoms with Gasteiger partial charge in [-0.2, -0.15) is 0 Å². The Morgan fingerprint density at radius 3 is 3.10 bits per heavy atom. The van der Waals surface area contributed by atoms with Gasteiger partial charge in [-0.1, -0.05) is 0 Å². The number of rotatable bonds is 3. The Labute approximate surface area is 167 Å². The van der Waals surface area contributed by atoms with E-state index in [1.54, 1.807) is 36.0 Å².